The van der Waals surface area contributed by atoms with E-state index in [-0.39, 0.29) is 17.6 Å². The maximum Gasteiger partial charge on any atom is 0.129 e. The molecule has 0 amide bonds. The number of aliphatic hydroxyl groups excluding tert-OH is 1. The first-order chi connectivity index (χ1) is 10.9. The van der Waals surface area contributed by atoms with Crippen molar-refractivity contribution >= 4 is 0 Å². The van der Waals surface area contributed by atoms with E-state index < -0.39 is 0 Å². The summed E-state index contributed by atoms with van der Waals surface area (Å²) in [4.78, 5) is 2.43. The lowest BCUT2D eigenvalue weighted by Crippen LogP contribution is -2.64. The van der Waals surface area contributed by atoms with Crippen molar-refractivity contribution in [1.82, 2.24) is 10.2 Å². The molecule has 4 atom stereocenters. The Balaban J connectivity index is 1.57. The lowest BCUT2D eigenvalue weighted by molar-refractivity contribution is -0.0828. The molecule has 1 aromatic rings. The highest BCUT2D eigenvalue weighted by atomic mass is 16.5. The number of nitrogens with one attached hydrogen (secondary N) is 1. The van der Waals surface area contributed by atoms with E-state index in [2.05, 4.69) is 31.1 Å². The summed E-state index contributed by atoms with van der Waals surface area (Å²) in [6.45, 7) is 6.83. The molecule has 0 bridgehead atoms. The van der Waals surface area contributed by atoms with Gasteiger partial charge in [-0.1, -0.05) is 13.8 Å². The van der Waals surface area contributed by atoms with Crippen LogP contribution in [0.25, 0.3) is 0 Å². The monoisotopic (exact) mass is 322 g/mol. The third-order valence-electron chi connectivity index (χ3n) is 5.55. The lowest BCUT2D eigenvalue weighted by Gasteiger charge is -2.57. The Morgan fingerprint density at radius 1 is 1.39 bits per heavy atom. The first-order valence-electron chi connectivity index (χ1n) is 8.63. The molecule has 5 heteroatoms. The van der Waals surface area contributed by atoms with Gasteiger partial charge in [0.15, 0.2) is 0 Å². The molecule has 1 spiro atoms. The normalized spacial score (nSPS) is 34.4. The van der Waals surface area contributed by atoms with Crippen molar-refractivity contribution in [3.05, 3.63) is 23.7 Å². The number of aliphatic hydroxyl groups is 1. The number of hydrogen-bond acceptors (Lipinski definition) is 5. The van der Waals surface area contributed by atoms with Crippen molar-refractivity contribution in [2.45, 2.75) is 58.0 Å². The van der Waals surface area contributed by atoms with Gasteiger partial charge in [0, 0.05) is 31.2 Å². The van der Waals surface area contributed by atoms with E-state index in [4.69, 9.17) is 9.15 Å². The van der Waals surface area contributed by atoms with Crippen LogP contribution in [0.4, 0.5) is 0 Å². The van der Waals surface area contributed by atoms with E-state index in [0.717, 1.165) is 30.9 Å². The minimum Gasteiger partial charge on any atom is -0.462 e. The second kappa shape index (κ2) is 6.55. The summed E-state index contributed by atoms with van der Waals surface area (Å²) in [5, 5.41) is 14.0. The number of rotatable bonds is 6. The molecule has 130 valence electrons. The average molecular weight is 322 g/mol. The molecule has 2 aliphatic rings. The summed E-state index contributed by atoms with van der Waals surface area (Å²) >= 11 is 0. The van der Waals surface area contributed by atoms with Crippen LogP contribution in [-0.4, -0.2) is 48.9 Å². The van der Waals surface area contributed by atoms with Crippen LogP contribution in [-0.2, 0) is 17.9 Å². The zero-order chi connectivity index (χ0) is 16.6. The smallest absolute Gasteiger partial charge is 0.129 e. The van der Waals surface area contributed by atoms with Gasteiger partial charge in [0.1, 0.15) is 18.1 Å². The molecule has 2 N–H and O–H groups in total. The van der Waals surface area contributed by atoms with Crippen molar-refractivity contribution in [3.63, 3.8) is 0 Å². The van der Waals surface area contributed by atoms with E-state index in [9.17, 15) is 5.11 Å². The van der Waals surface area contributed by atoms with Crippen LogP contribution >= 0.6 is 0 Å². The zero-order valence-corrected chi connectivity index (χ0v) is 14.7. The quantitative estimate of drug-likeness (QED) is 0.839. The molecular formula is C18H30N2O3. The molecule has 23 heavy (non-hydrogen) atoms. The fourth-order valence-corrected chi connectivity index (χ4v) is 5.02. The standard InChI is InChI=1S/C18H30N2O3/c1-12(2)17-18(11-20(17)3)7-15(16(21)8-18)19-9-13-5-6-14(23-13)10-22-4/h5-6,12,15-17,19,21H,7-11H2,1-4H3/t15-,16-,17?,18?/m1/s1. The SMILES string of the molecule is COCc1ccc(CN[C@@H]2CC3(C[C@H]2O)CN(C)C3C(C)C)o1. The minimum atomic E-state index is -0.265. The predicted molar refractivity (Wildman–Crippen MR) is 89.0 cm³/mol. The molecular weight excluding hydrogens is 292 g/mol. The molecule has 3 rings (SSSR count). The molecule has 1 aliphatic carbocycles. The number of furan rings is 1. The van der Waals surface area contributed by atoms with E-state index in [1.807, 2.05) is 12.1 Å². The second-order valence-corrected chi connectivity index (χ2v) is 7.73. The van der Waals surface area contributed by atoms with Crippen LogP contribution in [0.3, 0.4) is 0 Å². The van der Waals surface area contributed by atoms with Crippen molar-refractivity contribution in [1.29, 1.82) is 0 Å². The van der Waals surface area contributed by atoms with Gasteiger partial charge in [-0.25, -0.2) is 0 Å². The Morgan fingerprint density at radius 3 is 2.78 bits per heavy atom. The molecule has 1 saturated heterocycles. The summed E-state index contributed by atoms with van der Waals surface area (Å²) < 4.78 is 10.8. The van der Waals surface area contributed by atoms with Crippen molar-refractivity contribution in [3.8, 4) is 0 Å². The van der Waals surface area contributed by atoms with Crippen LogP contribution in [0.5, 0.6) is 0 Å². The molecule has 5 nitrogen and oxygen atoms in total. The highest BCUT2D eigenvalue weighted by Crippen LogP contribution is 2.52. The second-order valence-electron chi connectivity index (χ2n) is 7.73. The summed E-state index contributed by atoms with van der Waals surface area (Å²) in [6, 6.07) is 4.66. The van der Waals surface area contributed by atoms with Gasteiger partial charge in [-0.05, 0) is 37.9 Å². The number of methoxy groups -OCH3 is 1. The van der Waals surface area contributed by atoms with Gasteiger partial charge in [-0.15, -0.1) is 0 Å². The number of hydrogen-bond donors (Lipinski definition) is 2. The molecule has 1 aromatic heterocycles. The van der Waals surface area contributed by atoms with Gasteiger partial charge in [0.2, 0.25) is 0 Å². The third kappa shape index (κ3) is 3.20. The molecule has 2 fully saturated rings. The lowest BCUT2D eigenvalue weighted by atomic mass is 9.66. The summed E-state index contributed by atoms with van der Waals surface area (Å²) in [7, 11) is 3.86. The first-order valence-corrected chi connectivity index (χ1v) is 8.63. The van der Waals surface area contributed by atoms with E-state index in [0.29, 0.717) is 25.1 Å². The van der Waals surface area contributed by atoms with Crippen molar-refractivity contribution in [2.24, 2.45) is 11.3 Å². The average Bonchev–Trinajstić information content (AvgIpc) is 3.02. The first kappa shape index (κ1) is 17.0. The van der Waals surface area contributed by atoms with Crippen LogP contribution in [0.1, 0.15) is 38.2 Å². The van der Waals surface area contributed by atoms with Crippen LogP contribution in [0, 0.1) is 11.3 Å². The van der Waals surface area contributed by atoms with Gasteiger partial charge < -0.3 is 24.5 Å². The van der Waals surface area contributed by atoms with Gasteiger partial charge in [0.05, 0.1) is 12.6 Å². The maximum absolute atomic E-state index is 10.5. The molecule has 2 heterocycles. The Bertz CT molecular complexity index is 525. The third-order valence-corrected chi connectivity index (χ3v) is 5.55. The summed E-state index contributed by atoms with van der Waals surface area (Å²) in [5.74, 6) is 2.37. The van der Waals surface area contributed by atoms with Gasteiger partial charge in [-0.2, -0.15) is 0 Å². The minimum absolute atomic E-state index is 0.154. The molecule has 1 saturated carbocycles. The predicted octanol–water partition coefficient (Wildman–Crippen LogP) is 2.00. The van der Waals surface area contributed by atoms with E-state index in [1.165, 1.54) is 0 Å². The number of likely N-dealkylation sites (tertiary alicyclic amines) is 1. The Morgan fingerprint density at radius 2 is 2.13 bits per heavy atom. The largest absolute Gasteiger partial charge is 0.462 e. The Hall–Kier alpha value is -0.880. The van der Waals surface area contributed by atoms with Gasteiger partial charge in [-0.3, -0.25) is 0 Å². The van der Waals surface area contributed by atoms with Gasteiger partial charge in [0.25, 0.3) is 0 Å². The van der Waals surface area contributed by atoms with Crippen molar-refractivity contribution in [2.75, 3.05) is 20.7 Å². The Labute approximate surface area is 139 Å². The van der Waals surface area contributed by atoms with Gasteiger partial charge >= 0.3 is 0 Å². The highest BCUT2D eigenvalue weighted by Gasteiger charge is 2.57. The van der Waals surface area contributed by atoms with E-state index >= 15 is 0 Å². The number of nitrogens with zero attached hydrogens (tertiary/aromatic N) is 1. The van der Waals surface area contributed by atoms with Crippen LogP contribution in [0.2, 0.25) is 0 Å². The summed E-state index contributed by atoms with van der Waals surface area (Å²) in [6.07, 6.45) is 1.69. The molecule has 0 aromatic carbocycles. The molecule has 0 radical (unpaired) electrons. The molecule has 1 aliphatic heterocycles. The highest BCUT2D eigenvalue weighted by molar-refractivity contribution is 5.13. The summed E-state index contributed by atoms with van der Waals surface area (Å²) in [5.41, 5.74) is 0.282. The number of ether oxygens (including phenoxy) is 1. The molecule has 2 unspecified atom stereocenters. The van der Waals surface area contributed by atoms with Crippen LogP contribution < -0.4 is 5.32 Å². The topological polar surface area (TPSA) is 57.9 Å². The van der Waals surface area contributed by atoms with Crippen LogP contribution in [0.15, 0.2) is 16.5 Å². The Kier molecular flexibility index (Phi) is 4.83. The fraction of sp³-hybridized carbons (Fsp3) is 0.778. The van der Waals surface area contributed by atoms with E-state index in [1.54, 1.807) is 7.11 Å². The maximum atomic E-state index is 10.5. The van der Waals surface area contributed by atoms with Crippen molar-refractivity contribution < 1.29 is 14.3 Å². The zero-order valence-electron chi connectivity index (χ0n) is 14.7. The fourth-order valence-electron chi connectivity index (χ4n) is 5.02.